The molecule has 0 aliphatic rings. The molecule has 74 valence electrons. The van der Waals surface area contributed by atoms with E-state index < -0.39 is 0 Å². The van der Waals surface area contributed by atoms with Crippen molar-refractivity contribution in [2.75, 3.05) is 0 Å². The summed E-state index contributed by atoms with van der Waals surface area (Å²) in [7, 11) is 1.80. The maximum absolute atomic E-state index is 12.7. The first kappa shape index (κ1) is 9.41. The van der Waals surface area contributed by atoms with Gasteiger partial charge in [-0.3, -0.25) is 0 Å². The quantitative estimate of drug-likeness (QED) is 0.709. The van der Waals surface area contributed by atoms with Crippen molar-refractivity contribution in [1.29, 1.82) is 5.26 Å². The highest BCUT2D eigenvalue weighted by atomic mass is 19.1. The van der Waals surface area contributed by atoms with E-state index in [4.69, 9.17) is 5.26 Å². The molecule has 15 heavy (non-hydrogen) atoms. The Hall–Kier alpha value is -2.15. The van der Waals surface area contributed by atoms with Gasteiger partial charge in [0.05, 0.1) is 12.0 Å². The summed E-state index contributed by atoms with van der Waals surface area (Å²) >= 11 is 0. The lowest BCUT2D eigenvalue weighted by molar-refractivity contribution is 0.628. The normalized spacial score (nSPS) is 9.93. The van der Waals surface area contributed by atoms with Crippen LogP contribution >= 0.6 is 0 Å². The first-order valence-corrected chi connectivity index (χ1v) is 4.39. The monoisotopic (exact) mass is 201 g/mol. The van der Waals surface area contributed by atoms with Crippen LogP contribution in [0.5, 0.6) is 0 Å². The topological polar surface area (TPSA) is 41.6 Å². The molecule has 0 atom stereocenters. The highest BCUT2D eigenvalue weighted by molar-refractivity contribution is 5.65. The second kappa shape index (κ2) is 3.54. The van der Waals surface area contributed by atoms with Crippen LogP contribution in [0.15, 0.2) is 30.6 Å². The van der Waals surface area contributed by atoms with E-state index in [1.165, 1.54) is 12.1 Å². The van der Waals surface area contributed by atoms with Crippen molar-refractivity contribution in [2.24, 2.45) is 7.05 Å². The van der Waals surface area contributed by atoms with Gasteiger partial charge in [0.25, 0.3) is 0 Å². The minimum absolute atomic E-state index is 0.292. The predicted octanol–water partition coefficient (Wildman–Crippen LogP) is 2.10. The summed E-state index contributed by atoms with van der Waals surface area (Å²) in [6.07, 6.45) is 1.57. The summed E-state index contributed by atoms with van der Waals surface area (Å²) in [4.78, 5) is 3.94. The summed E-state index contributed by atoms with van der Waals surface area (Å²) < 4.78 is 14.5. The number of benzene rings is 1. The zero-order valence-electron chi connectivity index (χ0n) is 8.11. The predicted molar refractivity (Wildman–Crippen MR) is 53.3 cm³/mol. The van der Waals surface area contributed by atoms with Crippen LogP contribution in [0.2, 0.25) is 0 Å². The van der Waals surface area contributed by atoms with Gasteiger partial charge in [-0.1, -0.05) is 0 Å². The number of hydrogen-bond acceptors (Lipinski definition) is 2. The average molecular weight is 201 g/mol. The first-order chi connectivity index (χ1) is 7.22. The highest BCUT2D eigenvalue weighted by Crippen LogP contribution is 2.21. The molecule has 0 spiro atoms. The Labute approximate surface area is 86.4 Å². The van der Waals surface area contributed by atoms with Gasteiger partial charge < -0.3 is 4.57 Å². The molecule has 2 aromatic rings. The fraction of sp³-hybridized carbons (Fsp3) is 0.0909. The third-order valence-corrected chi connectivity index (χ3v) is 2.16. The van der Waals surface area contributed by atoms with Gasteiger partial charge in [0.1, 0.15) is 11.9 Å². The lowest BCUT2D eigenvalue weighted by Gasteiger charge is -2.02. The molecule has 0 saturated heterocycles. The Morgan fingerprint density at radius 1 is 1.33 bits per heavy atom. The fourth-order valence-electron chi connectivity index (χ4n) is 1.46. The third-order valence-electron chi connectivity index (χ3n) is 2.16. The summed E-state index contributed by atoms with van der Waals surface area (Å²) in [6, 6.07) is 8.00. The second-order valence-corrected chi connectivity index (χ2v) is 3.17. The number of rotatable bonds is 1. The van der Waals surface area contributed by atoms with E-state index in [-0.39, 0.29) is 5.82 Å². The van der Waals surface area contributed by atoms with Crippen molar-refractivity contribution in [2.45, 2.75) is 0 Å². The van der Waals surface area contributed by atoms with Gasteiger partial charge in [-0.25, -0.2) is 9.37 Å². The number of aromatic nitrogens is 2. The molecule has 0 aliphatic carbocycles. The van der Waals surface area contributed by atoms with Crippen LogP contribution in [-0.2, 0) is 7.05 Å². The van der Waals surface area contributed by atoms with Crippen molar-refractivity contribution < 1.29 is 4.39 Å². The lowest BCUT2D eigenvalue weighted by atomic mass is 10.1. The SMILES string of the molecule is Cn1cnc(C#N)c1-c1ccc(F)cc1. The molecule has 1 heterocycles. The molecule has 0 N–H and O–H groups in total. The standard InChI is InChI=1S/C11H8FN3/c1-15-7-14-10(6-13)11(15)8-2-4-9(12)5-3-8/h2-5,7H,1H3. The number of hydrogen-bond donors (Lipinski definition) is 0. The van der Waals surface area contributed by atoms with Crippen molar-refractivity contribution in [3.8, 4) is 17.3 Å². The van der Waals surface area contributed by atoms with Gasteiger partial charge in [0, 0.05) is 12.6 Å². The molecule has 2 rings (SSSR count). The summed E-state index contributed by atoms with van der Waals surface area (Å²) in [5.41, 5.74) is 1.84. The Bertz CT molecular complexity index is 520. The van der Waals surface area contributed by atoms with Crippen LogP contribution in [0.4, 0.5) is 4.39 Å². The van der Waals surface area contributed by atoms with E-state index in [2.05, 4.69) is 4.98 Å². The number of aryl methyl sites for hydroxylation is 1. The van der Waals surface area contributed by atoms with Gasteiger partial charge in [0.15, 0.2) is 5.69 Å². The molecule has 0 fully saturated rings. The zero-order valence-corrected chi connectivity index (χ0v) is 8.11. The average Bonchev–Trinajstić information content (AvgIpc) is 2.61. The lowest BCUT2D eigenvalue weighted by Crippen LogP contribution is -1.91. The number of halogens is 1. The molecule has 1 aromatic heterocycles. The van der Waals surface area contributed by atoms with Crippen LogP contribution in [0.3, 0.4) is 0 Å². The molecular formula is C11H8FN3. The van der Waals surface area contributed by atoms with E-state index >= 15 is 0 Å². The first-order valence-electron chi connectivity index (χ1n) is 4.39. The number of imidazole rings is 1. The minimum atomic E-state index is -0.292. The molecule has 3 nitrogen and oxygen atoms in total. The molecule has 0 bridgehead atoms. The van der Waals surface area contributed by atoms with Gasteiger partial charge in [0.2, 0.25) is 0 Å². The summed E-state index contributed by atoms with van der Waals surface area (Å²) in [5, 5.41) is 8.85. The Balaban J connectivity index is 2.59. The number of nitrogens with zero attached hydrogens (tertiary/aromatic N) is 3. The van der Waals surface area contributed by atoms with Crippen LogP contribution < -0.4 is 0 Å². The van der Waals surface area contributed by atoms with E-state index in [0.29, 0.717) is 11.4 Å². The van der Waals surface area contributed by atoms with Gasteiger partial charge in [-0.15, -0.1) is 0 Å². The summed E-state index contributed by atoms with van der Waals surface area (Å²) in [5.74, 6) is -0.292. The van der Waals surface area contributed by atoms with Crippen molar-refractivity contribution in [3.05, 3.63) is 42.1 Å². The van der Waals surface area contributed by atoms with Crippen LogP contribution in [-0.4, -0.2) is 9.55 Å². The van der Waals surface area contributed by atoms with E-state index in [1.807, 2.05) is 6.07 Å². The van der Waals surface area contributed by atoms with Crippen molar-refractivity contribution in [1.82, 2.24) is 9.55 Å². The molecule has 0 radical (unpaired) electrons. The van der Waals surface area contributed by atoms with E-state index in [9.17, 15) is 4.39 Å². The Morgan fingerprint density at radius 3 is 2.60 bits per heavy atom. The molecule has 0 aliphatic heterocycles. The third kappa shape index (κ3) is 1.59. The van der Waals surface area contributed by atoms with Crippen LogP contribution in [0, 0.1) is 17.1 Å². The molecule has 1 aromatic carbocycles. The second-order valence-electron chi connectivity index (χ2n) is 3.17. The zero-order chi connectivity index (χ0) is 10.8. The molecular weight excluding hydrogens is 193 g/mol. The molecule has 0 saturated carbocycles. The smallest absolute Gasteiger partial charge is 0.166 e. The minimum Gasteiger partial charge on any atom is -0.333 e. The largest absolute Gasteiger partial charge is 0.333 e. The maximum atomic E-state index is 12.7. The summed E-state index contributed by atoms with van der Waals surface area (Å²) in [6.45, 7) is 0. The highest BCUT2D eigenvalue weighted by Gasteiger charge is 2.10. The number of nitriles is 1. The van der Waals surface area contributed by atoms with Crippen LogP contribution in [0.25, 0.3) is 11.3 Å². The van der Waals surface area contributed by atoms with E-state index in [1.54, 1.807) is 30.1 Å². The van der Waals surface area contributed by atoms with Gasteiger partial charge in [-0.2, -0.15) is 5.26 Å². The molecule has 0 unspecified atom stereocenters. The van der Waals surface area contributed by atoms with Crippen molar-refractivity contribution in [3.63, 3.8) is 0 Å². The molecule has 4 heteroatoms. The van der Waals surface area contributed by atoms with Gasteiger partial charge >= 0.3 is 0 Å². The fourth-order valence-corrected chi connectivity index (χ4v) is 1.46. The van der Waals surface area contributed by atoms with E-state index in [0.717, 1.165) is 5.56 Å². The maximum Gasteiger partial charge on any atom is 0.166 e. The Kier molecular flexibility index (Phi) is 2.22. The van der Waals surface area contributed by atoms with Crippen molar-refractivity contribution >= 4 is 0 Å². The Morgan fingerprint density at radius 2 is 2.00 bits per heavy atom. The van der Waals surface area contributed by atoms with Gasteiger partial charge in [-0.05, 0) is 24.3 Å². The molecule has 0 amide bonds. The van der Waals surface area contributed by atoms with Crippen LogP contribution in [0.1, 0.15) is 5.69 Å².